The normalized spacial score (nSPS) is 13.5. The summed E-state index contributed by atoms with van der Waals surface area (Å²) in [5.74, 6) is 0.761. The summed E-state index contributed by atoms with van der Waals surface area (Å²) >= 11 is 1.39. The number of amides is 2. The average molecular weight is 451 g/mol. The molecule has 2 aromatic carbocycles. The third kappa shape index (κ3) is 3.92. The Morgan fingerprint density at radius 3 is 2.31 bits per heavy atom. The molecule has 2 heterocycles. The van der Waals surface area contributed by atoms with Crippen LogP contribution in [-0.4, -0.2) is 32.6 Å². The van der Waals surface area contributed by atoms with E-state index in [0.717, 1.165) is 10.6 Å². The molecular formula is C24H22N2O5S. The van der Waals surface area contributed by atoms with Gasteiger partial charge in [-0.1, -0.05) is 6.07 Å². The van der Waals surface area contributed by atoms with Crippen LogP contribution in [0.5, 0.6) is 17.2 Å². The van der Waals surface area contributed by atoms with Crippen LogP contribution in [0.15, 0.2) is 65.7 Å². The van der Waals surface area contributed by atoms with Crippen LogP contribution >= 0.6 is 11.3 Å². The summed E-state index contributed by atoms with van der Waals surface area (Å²) in [5, 5.41) is 5.01. The maximum Gasteiger partial charge on any atom is 0.282 e. The van der Waals surface area contributed by atoms with Gasteiger partial charge in [0.2, 0.25) is 0 Å². The summed E-state index contributed by atoms with van der Waals surface area (Å²) in [4.78, 5) is 28.8. The second-order valence-electron chi connectivity index (χ2n) is 6.79. The maximum absolute atomic E-state index is 13.5. The first kappa shape index (κ1) is 21.5. The molecule has 8 heteroatoms. The molecule has 1 aromatic heterocycles. The van der Waals surface area contributed by atoms with E-state index in [4.69, 9.17) is 14.2 Å². The summed E-state index contributed by atoms with van der Waals surface area (Å²) in [5.41, 5.74) is 1.54. The molecule has 0 atom stereocenters. The fourth-order valence-corrected chi connectivity index (χ4v) is 4.20. The molecule has 1 aliphatic rings. The van der Waals surface area contributed by atoms with Gasteiger partial charge in [-0.2, -0.15) is 0 Å². The standard InChI is InChI=1S/C24H22N2O5S/c1-4-31-16-9-7-15(8-10-16)25-22-21(20-6-5-13-32-20)23(27)26(24(22)28)18-12-11-17(29-2)14-19(18)30-3/h5-14,25H,4H2,1-3H3. The Hall–Kier alpha value is -3.78. The number of nitrogens with zero attached hydrogens (tertiary/aromatic N) is 1. The van der Waals surface area contributed by atoms with Gasteiger partial charge in [-0.05, 0) is 54.8 Å². The molecule has 164 valence electrons. The Balaban J connectivity index is 1.75. The molecule has 0 bridgehead atoms. The number of methoxy groups -OCH3 is 2. The number of carbonyl (C=O) groups excluding carboxylic acids is 2. The van der Waals surface area contributed by atoms with Gasteiger partial charge in [0, 0.05) is 16.6 Å². The highest BCUT2D eigenvalue weighted by Gasteiger charge is 2.42. The van der Waals surface area contributed by atoms with E-state index in [-0.39, 0.29) is 5.70 Å². The van der Waals surface area contributed by atoms with Crippen molar-refractivity contribution in [1.29, 1.82) is 0 Å². The minimum Gasteiger partial charge on any atom is -0.497 e. The Bertz CT molecular complexity index is 1170. The van der Waals surface area contributed by atoms with Gasteiger partial charge in [0.1, 0.15) is 22.9 Å². The van der Waals surface area contributed by atoms with Gasteiger partial charge >= 0.3 is 0 Å². The van der Waals surface area contributed by atoms with Gasteiger partial charge < -0.3 is 19.5 Å². The molecule has 3 aromatic rings. The molecule has 0 saturated carbocycles. The smallest absolute Gasteiger partial charge is 0.282 e. The molecule has 0 aliphatic carbocycles. The minimum atomic E-state index is -0.462. The van der Waals surface area contributed by atoms with Crippen LogP contribution in [0.25, 0.3) is 5.57 Å². The number of rotatable bonds is 8. The molecule has 0 unspecified atom stereocenters. The van der Waals surface area contributed by atoms with Gasteiger partial charge in [0.15, 0.2) is 0 Å². The molecule has 4 rings (SSSR count). The topological polar surface area (TPSA) is 77.1 Å². The first-order valence-electron chi connectivity index (χ1n) is 9.96. The Kier molecular flexibility index (Phi) is 6.13. The van der Waals surface area contributed by atoms with Crippen molar-refractivity contribution in [3.63, 3.8) is 0 Å². The molecule has 0 radical (unpaired) electrons. The van der Waals surface area contributed by atoms with Crippen molar-refractivity contribution in [3.8, 4) is 17.2 Å². The van der Waals surface area contributed by atoms with Crippen molar-refractivity contribution in [2.45, 2.75) is 6.92 Å². The third-order valence-corrected chi connectivity index (χ3v) is 5.80. The average Bonchev–Trinajstić information content (AvgIpc) is 3.41. The maximum atomic E-state index is 13.5. The molecule has 32 heavy (non-hydrogen) atoms. The lowest BCUT2D eigenvalue weighted by atomic mass is 10.2. The van der Waals surface area contributed by atoms with Gasteiger partial charge in [-0.3, -0.25) is 9.59 Å². The number of benzene rings is 2. The first-order chi connectivity index (χ1) is 15.6. The quantitative estimate of drug-likeness (QED) is 0.507. The zero-order chi connectivity index (χ0) is 22.7. The molecule has 2 amide bonds. The molecule has 0 fully saturated rings. The van der Waals surface area contributed by atoms with Crippen LogP contribution in [0.3, 0.4) is 0 Å². The summed E-state index contributed by atoms with van der Waals surface area (Å²) in [7, 11) is 3.02. The number of hydrogen-bond donors (Lipinski definition) is 1. The summed E-state index contributed by atoms with van der Waals surface area (Å²) in [6.45, 7) is 2.47. The number of ether oxygens (including phenoxy) is 3. The second-order valence-corrected chi connectivity index (χ2v) is 7.74. The van der Waals surface area contributed by atoms with E-state index >= 15 is 0 Å². The lowest BCUT2D eigenvalue weighted by Gasteiger charge is -2.19. The highest BCUT2D eigenvalue weighted by Crippen LogP contribution is 2.40. The Morgan fingerprint density at radius 2 is 1.69 bits per heavy atom. The zero-order valence-electron chi connectivity index (χ0n) is 17.9. The summed E-state index contributed by atoms with van der Waals surface area (Å²) in [6.07, 6.45) is 0. The number of thiophene rings is 1. The highest BCUT2D eigenvalue weighted by molar-refractivity contribution is 7.11. The van der Waals surface area contributed by atoms with Crippen LogP contribution in [0.1, 0.15) is 11.8 Å². The van der Waals surface area contributed by atoms with Crippen molar-refractivity contribution in [2.24, 2.45) is 0 Å². The fraction of sp³-hybridized carbons (Fsp3) is 0.167. The predicted molar refractivity (Wildman–Crippen MR) is 125 cm³/mol. The number of anilines is 2. The van der Waals surface area contributed by atoms with Crippen LogP contribution < -0.4 is 24.4 Å². The van der Waals surface area contributed by atoms with E-state index in [2.05, 4.69) is 5.32 Å². The Labute approximate surface area is 189 Å². The lowest BCUT2D eigenvalue weighted by Crippen LogP contribution is -2.32. The van der Waals surface area contributed by atoms with Crippen molar-refractivity contribution >= 4 is 40.1 Å². The van der Waals surface area contributed by atoms with Crippen LogP contribution in [0, 0.1) is 0 Å². The minimum absolute atomic E-state index is 0.208. The predicted octanol–water partition coefficient (Wildman–Crippen LogP) is 4.56. The van der Waals surface area contributed by atoms with Crippen LogP contribution in [0.4, 0.5) is 11.4 Å². The van der Waals surface area contributed by atoms with Crippen LogP contribution in [-0.2, 0) is 9.59 Å². The third-order valence-electron chi connectivity index (χ3n) is 4.91. The van der Waals surface area contributed by atoms with Gasteiger partial charge in [-0.25, -0.2) is 4.90 Å². The molecule has 0 spiro atoms. The Morgan fingerprint density at radius 1 is 0.938 bits per heavy atom. The van der Waals surface area contributed by atoms with E-state index < -0.39 is 11.8 Å². The molecule has 1 aliphatic heterocycles. The van der Waals surface area contributed by atoms with E-state index in [0.29, 0.717) is 39.9 Å². The number of carbonyl (C=O) groups is 2. The molecular weight excluding hydrogens is 428 g/mol. The largest absolute Gasteiger partial charge is 0.497 e. The monoisotopic (exact) mass is 450 g/mol. The first-order valence-corrected chi connectivity index (χ1v) is 10.8. The zero-order valence-corrected chi connectivity index (χ0v) is 18.7. The lowest BCUT2D eigenvalue weighted by molar-refractivity contribution is -0.120. The van der Waals surface area contributed by atoms with Crippen LogP contribution in [0.2, 0.25) is 0 Å². The SMILES string of the molecule is CCOc1ccc(NC2=C(c3cccs3)C(=O)N(c3ccc(OC)cc3OC)C2=O)cc1. The summed E-state index contributed by atoms with van der Waals surface area (Å²) in [6, 6.07) is 15.8. The van der Waals surface area contributed by atoms with Crippen molar-refractivity contribution < 1.29 is 23.8 Å². The van der Waals surface area contributed by atoms with E-state index in [1.165, 1.54) is 25.6 Å². The van der Waals surface area contributed by atoms with Gasteiger partial charge in [0.05, 0.1) is 32.1 Å². The second kappa shape index (κ2) is 9.15. The van der Waals surface area contributed by atoms with E-state index in [1.54, 1.807) is 30.3 Å². The number of nitrogens with one attached hydrogen (secondary N) is 1. The van der Waals surface area contributed by atoms with Gasteiger partial charge in [-0.15, -0.1) is 11.3 Å². The summed E-state index contributed by atoms with van der Waals surface area (Å²) < 4.78 is 16.1. The van der Waals surface area contributed by atoms with Crippen molar-refractivity contribution in [1.82, 2.24) is 0 Å². The van der Waals surface area contributed by atoms with Crippen molar-refractivity contribution in [2.75, 3.05) is 31.0 Å². The number of hydrogen-bond acceptors (Lipinski definition) is 7. The van der Waals surface area contributed by atoms with Gasteiger partial charge in [0.25, 0.3) is 11.8 Å². The van der Waals surface area contributed by atoms with E-state index in [1.807, 2.05) is 36.6 Å². The number of imide groups is 1. The molecule has 0 saturated heterocycles. The molecule has 1 N–H and O–H groups in total. The fourth-order valence-electron chi connectivity index (χ4n) is 3.43. The highest BCUT2D eigenvalue weighted by atomic mass is 32.1. The molecule has 7 nitrogen and oxygen atoms in total. The van der Waals surface area contributed by atoms with E-state index in [9.17, 15) is 9.59 Å². The van der Waals surface area contributed by atoms with Crippen molar-refractivity contribution in [3.05, 3.63) is 70.6 Å².